The highest BCUT2D eigenvalue weighted by atomic mass is 16.5. The first-order chi connectivity index (χ1) is 11.6. The molecule has 1 N–H and O–H groups in total. The van der Waals surface area contributed by atoms with E-state index in [0.29, 0.717) is 30.4 Å². The lowest BCUT2D eigenvalue weighted by Gasteiger charge is -2.15. The van der Waals surface area contributed by atoms with Gasteiger partial charge in [-0.2, -0.15) is 5.11 Å². The molecule has 24 heavy (non-hydrogen) atoms. The van der Waals surface area contributed by atoms with E-state index in [1.54, 1.807) is 18.2 Å². The van der Waals surface area contributed by atoms with Gasteiger partial charge in [0.1, 0.15) is 0 Å². The zero-order valence-electron chi connectivity index (χ0n) is 13.8. The fourth-order valence-corrected chi connectivity index (χ4v) is 1.96. The van der Waals surface area contributed by atoms with Crippen molar-refractivity contribution in [2.75, 3.05) is 18.5 Å². The number of anilines is 1. The van der Waals surface area contributed by atoms with E-state index in [-0.39, 0.29) is 5.91 Å². The molecule has 2 amide bonds. The maximum absolute atomic E-state index is 12.2. The lowest BCUT2D eigenvalue weighted by molar-refractivity contribution is -0.117. The Kier molecular flexibility index (Phi) is 6.48. The summed E-state index contributed by atoms with van der Waals surface area (Å²) < 4.78 is 11.3. The number of hydrogen-bond acceptors (Lipinski definition) is 5. The second-order valence-corrected chi connectivity index (χ2v) is 5.21. The average molecular weight is 331 g/mol. The number of nitrogens with one attached hydrogen (secondary N) is 1. The van der Waals surface area contributed by atoms with E-state index < -0.39 is 11.9 Å². The van der Waals surface area contributed by atoms with Crippen LogP contribution in [0.25, 0.3) is 0 Å². The summed E-state index contributed by atoms with van der Waals surface area (Å²) in [5.74, 6) is 0.392. The largest absolute Gasteiger partial charge is 0.490 e. The van der Waals surface area contributed by atoms with Crippen molar-refractivity contribution in [3.05, 3.63) is 30.4 Å². The van der Waals surface area contributed by atoms with Gasteiger partial charge in [0, 0.05) is 17.8 Å². The summed E-state index contributed by atoms with van der Waals surface area (Å²) in [6.45, 7) is 5.19. The Bertz CT molecular complexity index is 639. The van der Waals surface area contributed by atoms with Crippen LogP contribution in [0.1, 0.15) is 26.7 Å². The number of carbonyl (C=O) groups excluding carboxylic acids is 2. The fraction of sp³-hybridized carbons (Fsp3) is 0.412. The van der Waals surface area contributed by atoms with E-state index in [1.807, 2.05) is 13.8 Å². The molecule has 1 aromatic rings. The van der Waals surface area contributed by atoms with E-state index >= 15 is 0 Å². The van der Waals surface area contributed by atoms with Gasteiger partial charge in [-0.25, -0.2) is 0 Å². The first-order valence-electron chi connectivity index (χ1n) is 7.97. The molecule has 1 aromatic carbocycles. The minimum absolute atomic E-state index is 0.369. The van der Waals surface area contributed by atoms with E-state index in [4.69, 9.17) is 9.47 Å². The highest BCUT2D eigenvalue weighted by Crippen LogP contribution is 2.31. The molecule has 0 saturated heterocycles. The van der Waals surface area contributed by atoms with Gasteiger partial charge >= 0.3 is 0 Å². The predicted molar refractivity (Wildman–Crippen MR) is 89.4 cm³/mol. The fourth-order valence-electron chi connectivity index (χ4n) is 1.96. The van der Waals surface area contributed by atoms with Crippen LogP contribution in [0.15, 0.2) is 40.6 Å². The quantitative estimate of drug-likeness (QED) is 0.792. The minimum Gasteiger partial charge on any atom is -0.490 e. The summed E-state index contributed by atoms with van der Waals surface area (Å²) in [4.78, 5) is 23.1. The molecule has 2 rings (SSSR count). The Morgan fingerprint density at radius 2 is 1.88 bits per heavy atom. The van der Waals surface area contributed by atoms with E-state index in [0.717, 1.165) is 12.8 Å². The SMILES string of the molecule is CCCOc1ccc(NC(=O)C2C=CC(=O)N=N2)cc1OCCC. The second-order valence-electron chi connectivity index (χ2n) is 5.21. The molecule has 0 fully saturated rings. The molecule has 1 aliphatic heterocycles. The van der Waals surface area contributed by atoms with Crippen molar-refractivity contribution in [1.82, 2.24) is 0 Å². The molecule has 0 spiro atoms. The van der Waals surface area contributed by atoms with Crippen molar-refractivity contribution in [3.8, 4) is 11.5 Å². The first kappa shape index (κ1) is 17.7. The van der Waals surface area contributed by atoms with Crippen molar-refractivity contribution in [2.45, 2.75) is 32.7 Å². The van der Waals surface area contributed by atoms with Gasteiger partial charge in [0.25, 0.3) is 11.8 Å². The summed E-state index contributed by atoms with van der Waals surface area (Å²) in [5, 5.41) is 9.77. The second kappa shape index (κ2) is 8.81. The number of ether oxygens (including phenoxy) is 2. The molecule has 0 aromatic heterocycles. The molecule has 0 bridgehead atoms. The summed E-state index contributed by atoms with van der Waals surface area (Å²) in [7, 11) is 0. The van der Waals surface area contributed by atoms with Crippen molar-refractivity contribution in [1.29, 1.82) is 0 Å². The number of azo groups is 1. The lowest BCUT2D eigenvalue weighted by Crippen LogP contribution is -2.25. The Morgan fingerprint density at radius 1 is 1.17 bits per heavy atom. The van der Waals surface area contributed by atoms with E-state index in [9.17, 15) is 9.59 Å². The minimum atomic E-state index is -0.807. The van der Waals surface area contributed by atoms with E-state index in [1.165, 1.54) is 12.2 Å². The molecule has 1 heterocycles. The van der Waals surface area contributed by atoms with Crippen molar-refractivity contribution >= 4 is 17.5 Å². The van der Waals surface area contributed by atoms with Crippen LogP contribution >= 0.6 is 0 Å². The third-order valence-corrected chi connectivity index (χ3v) is 3.11. The number of rotatable bonds is 8. The number of benzene rings is 1. The highest BCUT2D eigenvalue weighted by Gasteiger charge is 2.19. The molecular formula is C17H21N3O4. The molecule has 0 aliphatic carbocycles. The molecule has 0 radical (unpaired) electrons. The van der Waals surface area contributed by atoms with Gasteiger partial charge < -0.3 is 14.8 Å². The molecule has 7 heteroatoms. The molecule has 128 valence electrons. The standard InChI is InChI=1S/C17H21N3O4/c1-3-9-23-14-7-5-12(11-15(14)24-10-4-2)18-17(22)13-6-8-16(21)20-19-13/h5-8,11,13H,3-4,9-10H2,1-2H3,(H,18,22). The zero-order valence-corrected chi connectivity index (χ0v) is 13.8. The Labute approximate surface area is 140 Å². The summed E-state index contributed by atoms with van der Waals surface area (Å²) >= 11 is 0. The molecule has 7 nitrogen and oxygen atoms in total. The Balaban J connectivity index is 2.09. The Hall–Kier alpha value is -2.70. The van der Waals surface area contributed by atoms with Gasteiger partial charge in [-0.15, -0.1) is 5.11 Å². The maximum atomic E-state index is 12.2. The first-order valence-corrected chi connectivity index (χ1v) is 7.97. The summed E-state index contributed by atoms with van der Waals surface area (Å²) in [6, 6.07) is 4.40. The smallest absolute Gasteiger partial charge is 0.287 e. The number of carbonyl (C=O) groups is 2. The van der Waals surface area contributed by atoms with Crippen LogP contribution in [-0.4, -0.2) is 31.1 Å². The van der Waals surface area contributed by atoms with Gasteiger partial charge in [-0.05, 0) is 31.1 Å². The predicted octanol–water partition coefficient (Wildman–Crippen LogP) is 3.12. The van der Waals surface area contributed by atoms with Gasteiger partial charge in [-0.3, -0.25) is 9.59 Å². The van der Waals surface area contributed by atoms with Crippen LogP contribution < -0.4 is 14.8 Å². The van der Waals surface area contributed by atoms with Gasteiger partial charge in [0.05, 0.1) is 13.2 Å². The van der Waals surface area contributed by atoms with Crippen LogP contribution in [0, 0.1) is 0 Å². The number of amides is 2. The number of nitrogens with zero attached hydrogens (tertiary/aromatic N) is 2. The maximum Gasteiger partial charge on any atom is 0.287 e. The van der Waals surface area contributed by atoms with E-state index in [2.05, 4.69) is 15.5 Å². The lowest BCUT2D eigenvalue weighted by atomic mass is 10.2. The molecular weight excluding hydrogens is 310 g/mol. The topological polar surface area (TPSA) is 89.3 Å². The number of hydrogen-bond donors (Lipinski definition) is 1. The van der Waals surface area contributed by atoms with Gasteiger partial charge in [0.15, 0.2) is 17.5 Å². The van der Waals surface area contributed by atoms with Crippen molar-refractivity contribution in [3.63, 3.8) is 0 Å². The Morgan fingerprint density at radius 3 is 2.50 bits per heavy atom. The van der Waals surface area contributed by atoms with Crippen LogP contribution in [0.5, 0.6) is 11.5 Å². The van der Waals surface area contributed by atoms with Crippen LogP contribution in [0.4, 0.5) is 5.69 Å². The highest BCUT2D eigenvalue weighted by molar-refractivity contribution is 5.99. The summed E-state index contributed by atoms with van der Waals surface area (Å²) in [5.41, 5.74) is 0.565. The molecule has 0 saturated carbocycles. The third kappa shape index (κ3) is 4.91. The van der Waals surface area contributed by atoms with Crippen molar-refractivity contribution in [2.24, 2.45) is 10.2 Å². The van der Waals surface area contributed by atoms with Crippen LogP contribution in [0.3, 0.4) is 0 Å². The van der Waals surface area contributed by atoms with Crippen LogP contribution in [-0.2, 0) is 9.59 Å². The molecule has 1 aliphatic rings. The zero-order chi connectivity index (χ0) is 17.4. The molecule has 1 unspecified atom stereocenters. The average Bonchev–Trinajstić information content (AvgIpc) is 2.59. The van der Waals surface area contributed by atoms with Gasteiger partial charge in [0.2, 0.25) is 0 Å². The van der Waals surface area contributed by atoms with Crippen LogP contribution in [0.2, 0.25) is 0 Å². The third-order valence-electron chi connectivity index (χ3n) is 3.11. The van der Waals surface area contributed by atoms with Crippen molar-refractivity contribution < 1.29 is 19.1 Å². The summed E-state index contributed by atoms with van der Waals surface area (Å²) in [6.07, 6.45) is 4.40. The normalized spacial score (nSPS) is 16.1. The monoisotopic (exact) mass is 331 g/mol. The van der Waals surface area contributed by atoms with Gasteiger partial charge in [-0.1, -0.05) is 13.8 Å². The molecule has 1 atom stereocenters.